The van der Waals surface area contributed by atoms with Gasteiger partial charge in [-0.1, -0.05) is 20.8 Å². The summed E-state index contributed by atoms with van der Waals surface area (Å²) in [6.07, 6.45) is 5.13. The minimum absolute atomic E-state index is 0.138. The quantitative estimate of drug-likeness (QED) is 0.795. The lowest BCUT2D eigenvalue weighted by atomic mass is 10.2. The molecule has 0 spiro atoms. The summed E-state index contributed by atoms with van der Waals surface area (Å²) in [7, 11) is 0. The third kappa shape index (κ3) is 2.41. The lowest BCUT2D eigenvalue weighted by Gasteiger charge is -2.03. The Bertz CT molecular complexity index is 498. The Kier molecular flexibility index (Phi) is 4.37. The minimum Gasteiger partial charge on any atom is -0.456 e. The van der Waals surface area contributed by atoms with E-state index in [4.69, 9.17) is 9.15 Å². The van der Waals surface area contributed by atoms with Crippen molar-refractivity contribution in [2.75, 3.05) is 6.61 Å². The summed E-state index contributed by atoms with van der Waals surface area (Å²) in [6, 6.07) is 4.04. The summed E-state index contributed by atoms with van der Waals surface area (Å²) >= 11 is 0. The van der Waals surface area contributed by atoms with Gasteiger partial charge < -0.3 is 9.15 Å². The number of furan rings is 1. The normalized spacial score (nSPS) is 18.7. The van der Waals surface area contributed by atoms with Gasteiger partial charge in [0, 0.05) is 18.9 Å². The maximum absolute atomic E-state index is 5.89. The second kappa shape index (κ2) is 6.01. The molecule has 1 saturated heterocycles. The van der Waals surface area contributed by atoms with Crippen LogP contribution in [0, 0.1) is 0 Å². The zero-order chi connectivity index (χ0) is 13.0. The number of ether oxygens (including phenoxy) is 1. The molecule has 0 bridgehead atoms. The van der Waals surface area contributed by atoms with Crippen molar-refractivity contribution in [3.05, 3.63) is 29.7 Å². The van der Waals surface area contributed by atoms with E-state index in [1.54, 1.807) is 0 Å². The Morgan fingerprint density at radius 3 is 2.89 bits per heavy atom. The Morgan fingerprint density at radius 2 is 2.22 bits per heavy atom. The topological polar surface area (TPSA) is 35.3 Å². The highest BCUT2D eigenvalue weighted by Crippen LogP contribution is 2.32. The van der Waals surface area contributed by atoms with Crippen LogP contribution in [0.15, 0.2) is 22.7 Å². The van der Waals surface area contributed by atoms with Crippen LogP contribution >= 0.6 is 0 Å². The fraction of sp³-hybridized carbons (Fsp3) is 0.533. The molecule has 0 amide bonds. The SMILES string of the molecule is CC.CCc1ccnc2cc(C3CCCO3)oc12. The standard InChI is InChI=1S/C13H15NO2.C2H6/c1-2-9-5-6-14-10-8-12(16-13(9)10)11-4-3-7-15-11;1-2/h5-6,8,11H,2-4,7H2,1H3;1-2H3. The summed E-state index contributed by atoms with van der Waals surface area (Å²) < 4.78 is 11.5. The molecule has 3 heterocycles. The van der Waals surface area contributed by atoms with Gasteiger partial charge in [0.25, 0.3) is 0 Å². The predicted molar refractivity (Wildman–Crippen MR) is 72.7 cm³/mol. The largest absolute Gasteiger partial charge is 0.456 e. The Morgan fingerprint density at radius 1 is 1.39 bits per heavy atom. The maximum atomic E-state index is 5.89. The molecule has 1 atom stereocenters. The van der Waals surface area contributed by atoms with Gasteiger partial charge in [0.05, 0.1) is 0 Å². The molecule has 2 aromatic rings. The van der Waals surface area contributed by atoms with Gasteiger partial charge in [0.1, 0.15) is 17.4 Å². The summed E-state index contributed by atoms with van der Waals surface area (Å²) in [5, 5.41) is 0. The van der Waals surface area contributed by atoms with Gasteiger partial charge >= 0.3 is 0 Å². The summed E-state index contributed by atoms with van der Waals surface area (Å²) in [5.41, 5.74) is 3.09. The van der Waals surface area contributed by atoms with Crippen LogP contribution in [0.3, 0.4) is 0 Å². The molecule has 3 heteroatoms. The molecule has 0 saturated carbocycles. The van der Waals surface area contributed by atoms with Crippen LogP contribution in [0.25, 0.3) is 11.1 Å². The molecular weight excluding hydrogens is 226 g/mol. The number of hydrogen-bond acceptors (Lipinski definition) is 3. The average molecular weight is 247 g/mol. The monoisotopic (exact) mass is 247 g/mol. The first-order chi connectivity index (χ1) is 8.88. The molecule has 0 N–H and O–H groups in total. The van der Waals surface area contributed by atoms with Crippen molar-refractivity contribution in [2.24, 2.45) is 0 Å². The third-order valence-electron chi connectivity index (χ3n) is 3.14. The summed E-state index contributed by atoms with van der Waals surface area (Å²) in [5.74, 6) is 0.931. The number of nitrogens with zero attached hydrogens (tertiary/aromatic N) is 1. The molecule has 3 rings (SSSR count). The van der Waals surface area contributed by atoms with Crippen molar-refractivity contribution in [2.45, 2.75) is 46.1 Å². The van der Waals surface area contributed by atoms with E-state index in [0.717, 1.165) is 42.7 Å². The van der Waals surface area contributed by atoms with Crippen LogP contribution < -0.4 is 0 Å². The van der Waals surface area contributed by atoms with Crippen molar-refractivity contribution >= 4 is 11.1 Å². The Labute approximate surface area is 108 Å². The minimum atomic E-state index is 0.138. The first-order valence-electron chi connectivity index (χ1n) is 6.87. The van der Waals surface area contributed by atoms with Crippen molar-refractivity contribution in [3.63, 3.8) is 0 Å². The van der Waals surface area contributed by atoms with E-state index < -0.39 is 0 Å². The smallest absolute Gasteiger partial charge is 0.156 e. The first kappa shape index (κ1) is 13.1. The second-order valence-electron chi connectivity index (χ2n) is 4.19. The lowest BCUT2D eigenvalue weighted by Crippen LogP contribution is -1.92. The van der Waals surface area contributed by atoms with Gasteiger partial charge in [-0.25, -0.2) is 0 Å². The fourth-order valence-corrected chi connectivity index (χ4v) is 2.25. The highest BCUT2D eigenvalue weighted by molar-refractivity contribution is 5.76. The van der Waals surface area contributed by atoms with Crippen LogP contribution in [0.5, 0.6) is 0 Å². The fourth-order valence-electron chi connectivity index (χ4n) is 2.25. The molecule has 18 heavy (non-hydrogen) atoms. The van der Waals surface area contributed by atoms with Crippen molar-refractivity contribution in [1.82, 2.24) is 4.98 Å². The molecule has 0 aliphatic carbocycles. The van der Waals surface area contributed by atoms with Gasteiger partial charge in [0.15, 0.2) is 5.58 Å². The van der Waals surface area contributed by atoms with Gasteiger partial charge in [-0.3, -0.25) is 4.98 Å². The van der Waals surface area contributed by atoms with E-state index in [1.165, 1.54) is 5.56 Å². The molecule has 2 aromatic heterocycles. The van der Waals surface area contributed by atoms with Crippen LogP contribution in [0.1, 0.15) is 51.0 Å². The summed E-state index contributed by atoms with van der Waals surface area (Å²) in [6.45, 7) is 6.97. The van der Waals surface area contributed by atoms with E-state index in [1.807, 2.05) is 32.2 Å². The van der Waals surface area contributed by atoms with E-state index in [-0.39, 0.29) is 6.10 Å². The highest BCUT2D eigenvalue weighted by Gasteiger charge is 2.22. The third-order valence-corrected chi connectivity index (χ3v) is 3.14. The molecule has 98 valence electrons. The second-order valence-corrected chi connectivity index (χ2v) is 4.19. The van der Waals surface area contributed by atoms with E-state index in [0.29, 0.717) is 0 Å². The molecule has 1 fully saturated rings. The van der Waals surface area contributed by atoms with Gasteiger partial charge in [-0.05, 0) is 30.9 Å². The molecule has 0 radical (unpaired) electrons. The highest BCUT2D eigenvalue weighted by atomic mass is 16.5. The summed E-state index contributed by atoms with van der Waals surface area (Å²) in [4.78, 5) is 4.33. The zero-order valence-electron chi connectivity index (χ0n) is 11.4. The van der Waals surface area contributed by atoms with Gasteiger partial charge in [-0.15, -0.1) is 0 Å². The van der Waals surface area contributed by atoms with Gasteiger partial charge in [-0.2, -0.15) is 0 Å². The number of hydrogen-bond donors (Lipinski definition) is 0. The Balaban J connectivity index is 0.000000574. The van der Waals surface area contributed by atoms with Crippen molar-refractivity contribution in [1.29, 1.82) is 0 Å². The van der Waals surface area contributed by atoms with E-state index in [9.17, 15) is 0 Å². The predicted octanol–water partition coefficient (Wildman–Crippen LogP) is 4.27. The molecule has 1 aliphatic rings. The van der Waals surface area contributed by atoms with Crippen LogP contribution in [0.2, 0.25) is 0 Å². The van der Waals surface area contributed by atoms with Crippen LogP contribution in [-0.2, 0) is 11.2 Å². The van der Waals surface area contributed by atoms with Crippen LogP contribution in [-0.4, -0.2) is 11.6 Å². The lowest BCUT2D eigenvalue weighted by molar-refractivity contribution is 0.0950. The average Bonchev–Trinajstić information content (AvgIpc) is 3.08. The molecular formula is C15H21NO2. The molecule has 1 unspecified atom stereocenters. The number of aromatic nitrogens is 1. The van der Waals surface area contributed by atoms with E-state index in [2.05, 4.69) is 11.9 Å². The Hall–Kier alpha value is -1.35. The van der Waals surface area contributed by atoms with Gasteiger partial charge in [0.2, 0.25) is 0 Å². The van der Waals surface area contributed by atoms with Crippen molar-refractivity contribution < 1.29 is 9.15 Å². The number of pyridine rings is 1. The molecule has 1 aliphatic heterocycles. The van der Waals surface area contributed by atoms with Crippen molar-refractivity contribution in [3.8, 4) is 0 Å². The maximum Gasteiger partial charge on any atom is 0.156 e. The zero-order valence-corrected chi connectivity index (χ0v) is 11.4. The van der Waals surface area contributed by atoms with E-state index >= 15 is 0 Å². The number of fused-ring (bicyclic) bond motifs is 1. The van der Waals surface area contributed by atoms with Crippen LogP contribution in [0.4, 0.5) is 0 Å². The molecule has 3 nitrogen and oxygen atoms in total. The number of aryl methyl sites for hydroxylation is 1. The molecule has 0 aromatic carbocycles. The first-order valence-corrected chi connectivity index (χ1v) is 6.87. The number of rotatable bonds is 2.